The van der Waals surface area contributed by atoms with E-state index in [0.717, 1.165) is 30.2 Å². The van der Waals surface area contributed by atoms with Crippen molar-refractivity contribution in [2.24, 2.45) is 0 Å². The number of piperidine rings is 1. The zero-order valence-electron chi connectivity index (χ0n) is 11.8. The van der Waals surface area contributed by atoms with Crippen molar-refractivity contribution in [2.75, 3.05) is 6.54 Å². The molecular weight excluding hydrogens is 281 g/mol. The molecule has 0 bridgehead atoms. The first kappa shape index (κ1) is 15.5. The summed E-state index contributed by atoms with van der Waals surface area (Å²) in [5.74, 6) is -1.79. The van der Waals surface area contributed by atoms with E-state index >= 15 is 0 Å². The molecule has 0 atom stereocenters. The molecule has 3 nitrogen and oxygen atoms in total. The molecule has 0 aliphatic carbocycles. The largest absolute Gasteiger partial charge is 0.454 e. The van der Waals surface area contributed by atoms with E-state index in [1.54, 1.807) is 6.20 Å². The van der Waals surface area contributed by atoms with Gasteiger partial charge >= 0.3 is 6.18 Å². The lowest BCUT2D eigenvalue weighted by Gasteiger charge is -2.31. The predicted octanol–water partition coefficient (Wildman–Crippen LogP) is 3.39. The monoisotopic (exact) mass is 298 g/mol. The highest BCUT2D eigenvalue weighted by Crippen LogP contribution is 2.25. The Morgan fingerprint density at radius 3 is 2.76 bits per heavy atom. The minimum Gasteiger partial charge on any atom is -0.370 e. The molecule has 1 aromatic rings. The minimum absolute atomic E-state index is 0.462. The Morgan fingerprint density at radius 2 is 2.14 bits per heavy atom. The molecule has 1 saturated heterocycles. The number of aromatic nitrogens is 1. The molecule has 1 aromatic heterocycles. The highest BCUT2D eigenvalue weighted by atomic mass is 19.4. The van der Waals surface area contributed by atoms with Crippen LogP contribution in [0.2, 0.25) is 0 Å². The molecule has 0 saturated carbocycles. The molecule has 0 radical (unpaired) electrons. The van der Waals surface area contributed by atoms with Crippen molar-refractivity contribution in [3.63, 3.8) is 0 Å². The molecule has 0 amide bonds. The van der Waals surface area contributed by atoms with Gasteiger partial charge < -0.3 is 4.90 Å². The van der Waals surface area contributed by atoms with E-state index in [9.17, 15) is 18.0 Å². The second-order valence-corrected chi connectivity index (χ2v) is 5.18. The topological polar surface area (TPSA) is 33.2 Å². The highest BCUT2D eigenvalue weighted by Gasteiger charge is 2.37. The maximum Gasteiger partial charge on any atom is 0.454 e. The summed E-state index contributed by atoms with van der Waals surface area (Å²) in [7, 11) is 0. The van der Waals surface area contributed by atoms with E-state index < -0.39 is 12.0 Å². The third kappa shape index (κ3) is 4.31. The van der Waals surface area contributed by atoms with Crippen LogP contribution in [0.3, 0.4) is 0 Å². The zero-order chi connectivity index (χ0) is 15.5. The maximum absolute atomic E-state index is 12.4. The van der Waals surface area contributed by atoms with Crippen molar-refractivity contribution in [3.8, 4) is 0 Å². The molecular formula is C15H17F3N2O. The quantitative estimate of drug-likeness (QED) is 0.802. The van der Waals surface area contributed by atoms with E-state index in [1.165, 1.54) is 0 Å². The summed E-state index contributed by atoms with van der Waals surface area (Å²) in [5, 5.41) is 0. The normalized spacial score (nSPS) is 18.1. The number of hydrogen-bond donors (Lipinski definition) is 0. The van der Waals surface area contributed by atoms with Crippen LogP contribution < -0.4 is 0 Å². The molecule has 1 fully saturated rings. The third-order valence-corrected chi connectivity index (χ3v) is 3.44. The highest BCUT2D eigenvalue weighted by molar-refractivity contribution is 5.94. The number of carbonyl (C=O) groups excluding carboxylic acids is 1. The Labute approximate surface area is 121 Å². The average molecular weight is 298 g/mol. The van der Waals surface area contributed by atoms with Gasteiger partial charge in [0.15, 0.2) is 0 Å². The van der Waals surface area contributed by atoms with Crippen molar-refractivity contribution in [3.05, 3.63) is 41.4 Å². The number of likely N-dealkylation sites (tertiary alicyclic amines) is 1. The summed E-state index contributed by atoms with van der Waals surface area (Å²) in [5.41, 5.74) is 2.28. The average Bonchev–Trinajstić information content (AvgIpc) is 2.42. The molecule has 0 aromatic carbocycles. The zero-order valence-corrected chi connectivity index (χ0v) is 11.8. The molecule has 2 heterocycles. The van der Waals surface area contributed by atoms with Gasteiger partial charge in [-0.05, 0) is 37.8 Å². The van der Waals surface area contributed by atoms with Gasteiger partial charge in [0.05, 0.1) is 0 Å². The molecule has 2 rings (SSSR count). The summed E-state index contributed by atoms with van der Waals surface area (Å²) in [6, 6.07) is 3.77. The lowest BCUT2D eigenvalue weighted by molar-refractivity contribution is -0.165. The molecule has 1 aliphatic rings. The van der Waals surface area contributed by atoms with Crippen molar-refractivity contribution < 1.29 is 18.0 Å². The fourth-order valence-electron chi connectivity index (χ4n) is 2.30. The standard InChI is InChI=1S/C15H17F3N2O/c1-11-5-6-12(9-19-11)10-20-7-3-2-4-13(20)8-14(21)15(16,17)18/h5-6,8-9H,2-4,7,10H2,1H3/b13-8+. The Morgan fingerprint density at radius 1 is 1.38 bits per heavy atom. The fourth-order valence-corrected chi connectivity index (χ4v) is 2.30. The van der Waals surface area contributed by atoms with Crippen LogP contribution in [0.15, 0.2) is 30.1 Å². The molecule has 114 valence electrons. The first-order valence-electron chi connectivity index (χ1n) is 6.84. The van der Waals surface area contributed by atoms with Crippen LogP contribution in [-0.2, 0) is 11.3 Å². The van der Waals surface area contributed by atoms with Gasteiger partial charge in [0.25, 0.3) is 5.78 Å². The van der Waals surface area contributed by atoms with E-state index in [-0.39, 0.29) is 0 Å². The first-order valence-corrected chi connectivity index (χ1v) is 6.84. The second kappa shape index (κ2) is 6.28. The number of nitrogens with zero attached hydrogens (tertiary/aromatic N) is 2. The summed E-state index contributed by atoms with van der Waals surface area (Å²) in [4.78, 5) is 17.1. The Bertz CT molecular complexity index is 535. The van der Waals surface area contributed by atoms with Gasteiger partial charge in [-0.2, -0.15) is 13.2 Å². The number of alkyl halides is 3. The molecule has 0 unspecified atom stereocenters. The third-order valence-electron chi connectivity index (χ3n) is 3.44. The Balaban J connectivity index is 2.14. The van der Waals surface area contributed by atoms with Crippen molar-refractivity contribution >= 4 is 5.78 Å². The summed E-state index contributed by atoms with van der Waals surface area (Å²) in [6.07, 6.45) is -0.132. The summed E-state index contributed by atoms with van der Waals surface area (Å²) < 4.78 is 37.1. The molecule has 21 heavy (non-hydrogen) atoms. The second-order valence-electron chi connectivity index (χ2n) is 5.18. The Kier molecular flexibility index (Phi) is 4.65. The van der Waals surface area contributed by atoms with Crippen LogP contribution in [0.1, 0.15) is 30.5 Å². The number of carbonyl (C=O) groups is 1. The number of hydrogen-bond acceptors (Lipinski definition) is 3. The van der Waals surface area contributed by atoms with Gasteiger partial charge in [0.2, 0.25) is 0 Å². The number of ketones is 1. The Hall–Kier alpha value is -1.85. The van der Waals surface area contributed by atoms with Crippen LogP contribution in [0.5, 0.6) is 0 Å². The first-order chi connectivity index (χ1) is 9.86. The number of allylic oxidation sites excluding steroid dienone is 2. The van der Waals surface area contributed by atoms with Gasteiger partial charge in [0.1, 0.15) is 0 Å². The van der Waals surface area contributed by atoms with Crippen LogP contribution in [0.25, 0.3) is 0 Å². The number of aryl methyl sites for hydroxylation is 1. The predicted molar refractivity (Wildman–Crippen MR) is 72.4 cm³/mol. The fraction of sp³-hybridized carbons (Fsp3) is 0.467. The molecule has 6 heteroatoms. The van der Waals surface area contributed by atoms with Gasteiger partial charge in [-0.25, -0.2) is 0 Å². The maximum atomic E-state index is 12.4. The number of halogens is 3. The van der Waals surface area contributed by atoms with Gasteiger partial charge in [-0.1, -0.05) is 6.07 Å². The molecule has 0 spiro atoms. The SMILES string of the molecule is Cc1ccc(CN2CCCC/C2=C\C(=O)C(F)(F)F)cn1. The van der Waals surface area contributed by atoms with Crippen LogP contribution in [-0.4, -0.2) is 28.4 Å². The lowest BCUT2D eigenvalue weighted by Crippen LogP contribution is -2.30. The molecule has 1 aliphatic heterocycles. The van der Waals surface area contributed by atoms with Crippen molar-refractivity contribution in [1.29, 1.82) is 0 Å². The van der Waals surface area contributed by atoms with Crippen LogP contribution in [0, 0.1) is 6.92 Å². The summed E-state index contributed by atoms with van der Waals surface area (Å²) >= 11 is 0. The van der Waals surface area contributed by atoms with E-state index in [0.29, 0.717) is 25.2 Å². The minimum atomic E-state index is -4.80. The van der Waals surface area contributed by atoms with E-state index in [4.69, 9.17) is 0 Å². The van der Waals surface area contributed by atoms with E-state index in [2.05, 4.69) is 4.98 Å². The number of pyridine rings is 1. The number of rotatable bonds is 3. The van der Waals surface area contributed by atoms with Crippen LogP contribution >= 0.6 is 0 Å². The van der Waals surface area contributed by atoms with Gasteiger partial charge in [-0.3, -0.25) is 9.78 Å². The molecule has 0 N–H and O–H groups in total. The van der Waals surface area contributed by atoms with Crippen molar-refractivity contribution in [1.82, 2.24) is 9.88 Å². The summed E-state index contributed by atoms with van der Waals surface area (Å²) in [6.45, 7) is 3.01. The van der Waals surface area contributed by atoms with Crippen molar-refractivity contribution in [2.45, 2.75) is 38.9 Å². The van der Waals surface area contributed by atoms with Crippen LogP contribution in [0.4, 0.5) is 13.2 Å². The lowest BCUT2D eigenvalue weighted by atomic mass is 10.0. The smallest absolute Gasteiger partial charge is 0.370 e. The van der Waals surface area contributed by atoms with Gasteiger partial charge in [0, 0.05) is 36.8 Å². The van der Waals surface area contributed by atoms with Gasteiger partial charge in [-0.15, -0.1) is 0 Å². The van der Waals surface area contributed by atoms with E-state index in [1.807, 2.05) is 24.0 Å².